The number of ether oxygens (including phenoxy) is 1. The van der Waals surface area contributed by atoms with Crippen LogP contribution in [0.15, 0.2) is 18.2 Å². The molecule has 0 radical (unpaired) electrons. The molecule has 0 saturated carbocycles. The molecule has 1 aliphatic heterocycles. The second-order valence-electron chi connectivity index (χ2n) is 4.63. The van der Waals surface area contributed by atoms with Crippen LogP contribution in [-0.2, 0) is 4.74 Å². The Morgan fingerprint density at radius 1 is 1.44 bits per heavy atom. The molecule has 0 aromatic heterocycles. The Hall–Kier alpha value is -1.24. The molecule has 18 heavy (non-hydrogen) atoms. The van der Waals surface area contributed by atoms with E-state index in [-0.39, 0.29) is 0 Å². The topological polar surface area (TPSA) is 36.3 Å². The summed E-state index contributed by atoms with van der Waals surface area (Å²) in [6.07, 6.45) is 2.20. The molecule has 96 valence electrons. The number of benzene rings is 1. The summed E-state index contributed by atoms with van der Waals surface area (Å²) in [6.45, 7) is 2.75. The van der Waals surface area contributed by atoms with Gasteiger partial charge in [-0.1, -0.05) is 17.7 Å². The summed E-state index contributed by atoms with van der Waals surface area (Å²) in [5.41, 5.74) is 1.55. The summed E-state index contributed by atoms with van der Waals surface area (Å²) in [4.78, 5) is 2.25. The van der Waals surface area contributed by atoms with Crippen LogP contribution in [0.2, 0.25) is 5.02 Å². The molecule has 4 heteroatoms. The van der Waals surface area contributed by atoms with Crippen molar-refractivity contribution in [2.24, 2.45) is 5.92 Å². The maximum Gasteiger partial charge on any atom is 0.103 e. The molecule has 0 aliphatic carbocycles. The Kier molecular flexibility index (Phi) is 4.46. The highest BCUT2D eigenvalue weighted by Crippen LogP contribution is 2.30. The van der Waals surface area contributed by atoms with E-state index in [1.54, 1.807) is 13.2 Å². The fourth-order valence-electron chi connectivity index (χ4n) is 2.46. The van der Waals surface area contributed by atoms with E-state index in [1.165, 1.54) is 0 Å². The molecule has 1 heterocycles. The maximum atomic E-state index is 9.19. The van der Waals surface area contributed by atoms with Gasteiger partial charge in [-0.25, -0.2) is 0 Å². The van der Waals surface area contributed by atoms with Gasteiger partial charge in [0.1, 0.15) is 6.07 Å². The molecule has 1 saturated heterocycles. The Morgan fingerprint density at radius 2 is 2.17 bits per heavy atom. The van der Waals surface area contributed by atoms with E-state index < -0.39 is 0 Å². The quantitative estimate of drug-likeness (QED) is 0.842. The van der Waals surface area contributed by atoms with Crippen LogP contribution in [0, 0.1) is 17.2 Å². The summed E-state index contributed by atoms with van der Waals surface area (Å²) >= 11 is 6.06. The van der Waals surface area contributed by atoms with Gasteiger partial charge < -0.3 is 9.64 Å². The van der Waals surface area contributed by atoms with Gasteiger partial charge in [0.05, 0.1) is 16.3 Å². The highest BCUT2D eigenvalue weighted by Gasteiger charge is 2.21. The zero-order chi connectivity index (χ0) is 13.0. The van der Waals surface area contributed by atoms with Gasteiger partial charge in [0.2, 0.25) is 0 Å². The van der Waals surface area contributed by atoms with Crippen molar-refractivity contribution in [1.82, 2.24) is 0 Å². The molecule has 0 N–H and O–H groups in total. The summed E-state index contributed by atoms with van der Waals surface area (Å²) in [6, 6.07) is 7.84. The van der Waals surface area contributed by atoms with Crippen LogP contribution in [0.5, 0.6) is 0 Å². The number of anilines is 1. The number of methoxy groups -OCH3 is 1. The van der Waals surface area contributed by atoms with Gasteiger partial charge in [-0.15, -0.1) is 0 Å². The van der Waals surface area contributed by atoms with Gasteiger partial charge in [-0.05, 0) is 30.9 Å². The SMILES string of the molecule is COCC1CCN(c2cccc(Cl)c2C#N)CC1. The summed E-state index contributed by atoms with van der Waals surface area (Å²) < 4.78 is 5.19. The van der Waals surface area contributed by atoms with Crippen molar-refractivity contribution in [3.8, 4) is 6.07 Å². The number of hydrogen-bond acceptors (Lipinski definition) is 3. The second-order valence-corrected chi connectivity index (χ2v) is 5.04. The van der Waals surface area contributed by atoms with E-state index in [9.17, 15) is 5.26 Å². The normalized spacial score (nSPS) is 16.6. The molecule has 1 aliphatic rings. The van der Waals surface area contributed by atoms with E-state index >= 15 is 0 Å². The minimum atomic E-state index is 0.536. The fraction of sp³-hybridized carbons (Fsp3) is 0.500. The van der Waals surface area contributed by atoms with Crippen molar-refractivity contribution in [3.05, 3.63) is 28.8 Å². The second kappa shape index (κ2) is 6.08. The van der Waals surface area contributed by atoms with Crippen LogP contribution in [0.3, 0.4) is 0 Å². The predicted molar refractivity (Wildman–Crippen MR) is 73.0 cm³/mol. The molecule has 0 spiro atoms. The Morgan fingerprint density at radius 3 is 2.78 bits per heavy atom. The van der Waals surface area contributed by atoms with E-state index in [4.69, 9.17) is 16.3 Å². The number of rotatable bonds is 3. The molecule has 0 bridgehead atoms. The van der Waals surface area contributed by atoms with Gasteiger partial charge in [-0.2, -0.15) is 5.26 Å². The molecule has 0 amide bonds. The summed E-state index contributed by atoms with van der Waals surface area (Å²) in [5, 5.41) is 9.72. The lowest BCUT2D eigenvalue weighted by Crippen LogP contribution is -2.35. The first-order valence-corrected chi connectivity index (χ1v) is 6.56. The molecule has 3 nitrogen and oxygen atoms in total. The van der Waals surface area contributed by atoms with Gasteiger partial charge >= 0.3 is 0 Å². The van der Waals surface area contributed by atoms with Gasteiger partial charge in [0.25, 0.3) is 0 Å². The monoisotopic (exact) mass is 264 g/mol. The Bertz CT molecular complexity index is 448. The minimum Gasteiger partial charge on any atom is -0.384 e. The molecule has 0 unspecified atom stereocenters. The predicted octanol–water partition coefficient (Wildman–Crippen LogP) is 3.07. The average molecular weight is 265 g/mol. The van der Waals surface area contributed by atoms with E-state index in [1.807, 2.05) is 12.1 Å². The van der Waals surface area contributed by atoms with Crippen molar-refractivity contribution in [1.29, 1.82) is 5.26 Å². The highest BCUT2D eigenvalue weighted by atomic mass is 35.5. The lowest BCUT2D eigenvalue weighted by atomic mass is 9.97. The minimum absolute atomic E-state index is 0.536. The largest absolute Gasteiger partial charge is 0.384 e. The molecular weight excluding hydrogens is 248 g/mol. The lowest BCUT2D eigenvalue weighted by Gasteiger charge is -2.33. The smallest absolute Gasteiger partial charge is 0.103 e. The van der Waals surface area contributed by atoms with Crippen LogP contribution >= 0.6 is 11.6 Å². The maximum absolute atomic E-state index is 9.19. The average Bonchev–Trinajstić information content (AvgIpc) is 2.40. The molecule has 1 fully saturated rings. The van der Waals surface area contributed by atoms with E-state index in [0.717, 1.165) is 38.2 Å². The van der Waals surface area contributed by atoms with Gasteiger partial charge in [0.15, 0.2) is 0 Å². The number of nitriles is 1. The number of hydrogen-bond donors (Lipinski definition) is 0. The third-order valence-corrected chi connectivity index (χ3v) is 3.78. The molecule has 2 rings (SSSR count). The standard InChI is InChI=1S/C14H17ClN2O/c1-18-10-11-5-7-17(8-6-11)14-4-2-3-13(15)12(14)9-16/h2-4,11H,5-8,10H2,1H3. The number of piperidine rings is 1. The molecule has 0 atom stereocenters. The first-order valence-electron chi connectivity index (χ1n) is 6.18. The number of halogens is 1. The Balaban J connectivity index is 2.10. The zero-order valence-corrected chi connectivity index (χ0v) is 11.3. The van der Waals surface area contributed by atoms with Gasteiger partial charge in [0, 0.05) is 26.8 Å². The first kappa shape index (κ1) is 13.2. The molecule has 1 aromatic rings. The van der Waals surface area contributed by atoms with Crippen LogP contribution in [-0.4, -0.2) is 26.8 Å². The van der Waals surface area contributed by atoms with Crippen molar-refractivity contribution >= 4 is 17.3 Å². The van der Waals surface area contributed by atoms with Crippen LogP contribution in [0.4, 0.5) is 5.69 Å². The summed E-state index contributed by atoms with van der Waals surface area (Å²) in [7, 11) is 1.75. The first-order chi connectivity index (χ1) is 8.76. The van der Waals surface area contributed by atoms with Gasteiger partial charge in [-0.3, -0.25) is 0 Å². The van der Waals surface area contributed by atoms with Crippen molar-refractivity contribution in [2.45, 2.75) is 12.8 Å². The van der Waals surface area contributed by atoms with Crippen LogP contribution in [0.25, 0.3) is 0 Å². The van der Waals surface area contributed by atoms with E-state index in [2.05, 4.69) is 11.0 Å². The van der Waals surface area contributed by atoms with Crippen molar-refractivity contribution < 1.29 is 4.74 Å². The third-order valence-electron chi connectivity index (χ3n) is 3.46. The van der Waals surface area contributed by atoms with Crippen molar-refractivity contribution in [3.63, 3.8) is 0 Å². The zero-order valence-electron chi connectivity index (χ0n) is 10.5. The Labute approximate surface area is 113 Å². The van der Waals surface area contributed by atoms with E-state index in [0.29, 0.717) is 16.5 Å². The lowest BCUT2D eigenvalue weighted by molar-refractivity contribution is 0.139. The molecule has 1 aromatic carbocycles. The summed E-state index contributed by atoms with van der Waals surface area (Å²) in [5.74, 6) is 0.635. The van der Waals surface area contributed by atoms with Crippen molar-refractivity contribution in [2.75, 3.05) is 31.7 Å². The third kappa shape index (κ3) is 2.77. The van der Waals surface area contributed by atoms with Crippen LogP contribution in [0.1, 0.15) is 18.4 Å². The molecular formula is C14H17ClN2O. The fourth-order valence-corrected chi connectivity index (χ4v) is 2.68. The highest BCUT2D eigenvalue weighted by molar-refractivity contribution is 6.32. The number of nitrogens with zero attached hydrogens (tertiary/aromatic N) is 2. The van der Waals surface area contributed by atoms with Crippen LogP contribution < -0.4 is 4.90 Å².